The summed E-state index contributed by atoms with van der Waals surface area (Å²) in [6.07, 6.45) is 3.84. The second-order valence-electron chi connectivity index (χ2n) is 10.4. The first-order chi connectivity index (χ1) is 19.6. The number of rotatable bonds is 5. The van der Waals surface area contributed by atoms with Crippen molar-refractivity contribution in [3.05, 3.63) is 137 Å². The zero-order valence-electron chi connectivity index (χ0n) is 21.8. The lowest BCUT2D eigenvalue weighted by molar-refractivity contribution is -0.122. The molecule has 0 radical (unpaired) electrons. The molecule has 4 aromatic carbocycles. The molecule has 196 valence electrons. The third-order valence-corrected chi connectivity index (χ3v) is 8.53. The molecule has 3 aliphatic rings. The van der Waals surface area contributed by atoms with Crippen molar-refractivity contribution in [2.75, 3.05) is 12.4 Å². The Morgan fingerprint density at radius 3 is 2.38 bits per heavy atom. The van der Waals surface area contributed by atoms with E-state index in [4.69, 9.17) is 4.74 Å². The zero-order chi connectivity index (χ0) is 27.4. The van der Waals surface area contributed by atoms with E-state index in [2.05, 4.69) is 5.32 Å². The van der Waals surface area contributed by atoms with Crippen LogP contribution < -0.4 is 10.1 Å². The second-order valence-corrected chi connectivity index (χ2v) is 10.4. The summed E-state index contributed by atoms with van der Waals surface area (Å²) in [4.78, 5) is 45.6. The fraction of sp³-hybridized carbons (Fsp3) is 0.147. The van der Waals surface area contributed by atoms with Gasteiger partial charge in [-0.25, -0.2) is 0 Å². The molecule has 4 atom stereocenters. The Bertz CT molecular complexity index is 1710. The van der Waals surface area contributed by atoms with E-state index in [9.17, 15) is 14.4 Å². The summed E-state index contributed by atoms with van der Waals surface area (Å²) >= 11 is 0. The summed E-state index contributed by atoms with van der Waals surface area (Å²) in [5.41, 5.74) is 2.78. The molecule has 6 nitrogen and oxygen atoms in total. The molecule has 6 heteroatoms. The normalized spacial score (nSPS) is 23.8. The quantitative estimate of drug-likeness (QED) is 0.339. The molecular formula is C34H26N2O4. The van der Waals surface area contributed by atoms with Crippen molar-refractivity contribution in [2.45, 2.75) is 17.5 Å². The highest BCUT2D eigenvalue weighted by molar-refractivity contribution is 6.16. The molecule has 0 aliphatic carbocycles. The van der Waals surface area contributed by atoms with E-state index >= 15 is 0 Å². The Morgan fingerprint density at radius 2 is 1.55 bits per heavy atom. The van der Waals surface area contributed by atoms with Gasteiger partial charge in [-0.05, 0) is 41.0 Å². The molecule has 0 saturated carbocycles. The van der Waals surface area contributed by atoms with Crippen molar-refractivity contribution in [3.63, 3.8) is 0 Å². The standard InChI is InChI=1S/C34H26N2O4/c1-40-24-14-9-13-23(20-24)30(37)28-29(31(38)22-11-3-2-4-12-22)36-19-18-21-10-5-6-15-25(21)32(36)34(28)26-16-7-8-17-27(26)35-33(34)39/h2-20,28-29,32H,1H3,(H,35,39)/t28-,29+,32-,34-/m0/s1. The van der Waals surface area contributed by atoms with Crippen molar-refractivity contribution >= 4 is 29.2 Å². The van der Waals surface area contributed by atoms with Gasteiger partial charge in [0.25, 0.3) is 0 Å². The fourth-order valence-electron chi connectivity index (χ4n) is 6.90. The number of ether oxygens (including phenoxy) is 1. The van der Waals surface area contributed by atoms with Gasteiger partial charge < -0.3 is 15.0 Å². The predicted molar refractivity (Wildman–Crippen MR) is 152 cm³/mol. The maximum atomic E-state index is 14.8. The topological polar surface area (TPSA) is 75.7 Å². The summed E-state index contributed by atoms with van der Waals surface area (Å²) in [6.45, 7) is 0. The summed E-state index contributed by atoms with van der Waals surface area (Å²) in [6, 6.07) is 29.8. The van der Waals surface area contributed by atoms with Gasteiger partial charge in [0, 0.05) is 23.0 Å². The number of para-hydroxylation sites is 1. The number of hydrogen-bond donors (Lipinski definition) is 1. The van der Waals surface area contributed by atoms with E-state index in [0.717, 1.165) is 16.7 Å². The molecule has 0 unspecified atom stereocenters. The van der Waals surface area contributed by atoms with E-state index in [1.165, 1.54) is 0 Å². The third-order valence-electron chi connectivity index (χ3n) is 8.53. The number of methoxy groups -OCH3 is 1. The number of nitrogens with one attached hydrogen (secondary N) is 1. The highest BCUT2D eigenvalue weighted by Gasteiger charge is 2.70. The SMILES string of the molecule is COc1cccc(C(=O)[C@@H]2[C@H](C(=O)c3ccccc3)N3C=Cc4ccccc4[C@H]3[C@@]23C(=O)Nc2ccccc23)c1. The van der Waals surface area contributed by atoms with Gasteiger partial charge in [0.2, 0.25) is 5.91 Å². The average molecular weight is 527 g/mol. The van der Waals surface area contributed by atoms with Gasteiger partial charge in [0.15, 0.2) is 11.6 Å². The molecule has 1 saturated heterocycles. The highest BCUT2D eigenvalue weighted by Crippen LogP contribution is 2.62. The van der Waals surface area contributed by atoms with Crippen LogP contribution >= 0.6 is 0 Å². The monoisotopic (exact) mass is 526 g/mol. The minimum atomic E-state index is -1.35. The molecule has 1 amide bonds. The Balaban J connectivity index is 1.54. The van der Waals surface area contributed by atoms with Crippen LogP contribution in [0.3, 0.4) is 0 Å². The number of ketones is 2. The molecule has 0 aromatic heterocycles. The smallest absolute Gasteiger partial charge is 0.238 e. The van der Waals surface area contributed by atoms with E-state index in [-0.39, 0.29) is 17.5 Å². The summed E-state index contributed by atoms with van der Waals surface area (Å²) in [7, 11) is 1.55. The Morgan fingerprint density at radius 1 is 0.825 bits per heavy atom. The maximum Gasteiger partial charge on any atom is 0.238 e. The third kappa shape index (κ3) is 3.26. The van der Waals surface area contributed by atoms with E-state index in [0.29, 0.717) is 22.6 Å². The summed E-state index contributed by atoms with van der Waals surface area (Å²) in [5.74, 6) is -1.25. The molecule has 40 heavy (non-hydrogen) atoms. The van der Waals surface area contributed by atoms with Crippen molar-refractivity contribution in [1.82, 2.24) is 4.90 Å². The lowest BCUT2D eigenvalue weighted by atomic mass is 9.62. The van der Waals surface area contributed by atoms with Crippen LogP contribution in [0.1, 0.15) is 43.4 Å². The second kappa shape index (κ2) is 9.06. The van der Waals surface area contributed by atoms with Crippen LogP contribution in [0.4, 0.5) is 5.69 Å². The first-order valence-corrected chi connectivity index (χ1v) is 13.3. The number of nitrogens with zero attached hydrogens (tertiary/aromatic N) is 1. The first kappa shape index (κ1) is 24.1. The van der Waals surface area contributed by atoms with Crippen molar-refractivity contribution in [1.29, 1.82) is 0 Å². The van der Waals surface area contributed by atoms with Gasteiger partial charge in [0.05, 0.1) is 19.1 Å². The van der Waals surface area contributed by atoms with Gasteiger partial charge >= 0.3 is 0 Å². The average Bonchev–Trinajstić information content (AvgIpc) is 3.49. The van der Waals surface area contributed by atoms with Crippen LogP contribution in [-0.2, 0) is 10.2 Å². The zero-order valence-corrected chi connectivity index (χ0v) is 21.8. The van der Waals surface area contributed by atoms with Gasteiger partial charge in [-0.1, -0.05) is 84.9 Å². The Kier molecular flexibility index (Phi) is 5.46. The van der Waals surface area contributed by atoms with Crippen LogP contribution in [0, 0.1) is 5.92 Å². The van der Waals surface area contributed by atoms with Gasteiger partial charge in [0.1, 0.15) is 17.2 Å². The molecule has 4 aromatic rings. The van der Waals surface area contributed by atoms with E-state index in [1.807, 2.05) is 83.9 Å². The van der Waals surface area contributed by atoms with Gasteiger partial charge in [-0.15, -0.1) is 0 Å². The molecule has 3 aliphatic heterocycles. The lowest BCUT2D eigenvalue weighted by Crippen LogP contribution is -2.49. The number of Topliss-reactive ketones (excluding diaryl/α,β-unsaturated/α-hetero) is 2. The number of fused-ring (bicyclic) bond motifs is 6. The molecular weight excluding hydrogens is 500 g/mol. The number of amides is 1. The maximum absolute atomic E-state index is 14.8. The lowest BCUT2D eigenvalue weighted by Gasteiger charge is -2.38. The Hall–Kier alpha value is -4.97. The molecule has 7 rings (SSSR count). The van der Waals surface area contributed by atoms with E-state index in [1.54, 1.807) is 43.5 Å². The largest absolute Gasteiger partial charge is 0.497 e. The van der Waals surface area contributed by atoms with Crippen LogP contribution in [-0.4, -0.2) is 35.5 Å². The number of carbonyl (C=O) groups excluding carboxylic acids is 3. The number of benzene rings is 4. The van der Waals surface area contributed by atoms with Crippen LogP contribution in [0.2, 0.25) is 0 Å². The van der Waals surface area contributed by atoms with Crippen molar-refractivity contribution in [2.24, 2.45) is 5.92 Å². The summed E-state index contributed by atoms with van der Waals surface area (Å²) < 4.78 is 5.43. The van der Waals surface area contributed by atoms with Crippen LogP contribution in [0.15, 0.2) is 109 Å². The minimum Gasteiger partial charge on any atom is -0.497 e. The minimum absolute atomic E-state index is 0.204. The van der Waals surface area contributed by atoms with Gasteiger partial charge in [-0.3, -0.25) is 14.4 Å². The molecule has 0 bridgehead atoms. The molecule has 1 spiro atoms. The van der Waals surface area contributed by atoms with Gasteiger partial charge in [-0.2, -0.15) is 0 Å². The van der Waals surface area contributed by atoms with Crippen molar-refractivity contribution < 1.29 is 19.1 Å². The summed E-state index contributed by atoms with van der Waals surface area (Å²) in [5, 5.41) is 3.07. The Labute approximate surface area is 231 Å². The van der Waals surface area contributed by atoms with E-state index < -0.39 is 23.4 Å². The fourth-order valence-corrected chi connectivity index (χ4v) is 6.90. The van der Waals surface area contributed by atoms with Crippen molar-refractivity contribution in [3.8, 4) is 5.75 Å². The first-order valence-electron chi connectivity index (χ1n) is 13.3. The van der Waals surface area contributed by atoms with Crippen LogP contribution in [0.25, 0.3) is 6.08 Å². The number of carbonyl (C=O) groups is 3. The number of hydrogen-bond acceptors (Lipinski definition) is 5. The van der Waals surface area contributed by atoms with Crippen LogP contribution in [0.5, 0.6) is 5.75 Å². The molecule has 1 N–H and O–H groups in total. The molecule has 3 heterocycles. The number of anilines is 1. The molecule has 1 fully saturated rings. The highest BCUT2D eigenvalue weighted by atomic mass is 16.5. The predicted octanol–water partition coefficient (Wildman–Crippen LogP) is 5.68.